The van der Waals surface area contributed by atoms with Gasteiger partial charge in [-0.3, -0.25) is 9.80 Å². The van der Waals surface area contributed by atoms with Crippen molar-refractivity contribution in [2.75, 3.05) is 14.1 Å². The van der Waals surface area contributed by atoms with Crippen LogP contribution in [-0.2, 0) is 4.79 Å². The predicted octanol–water partition coefficient (Wildman–Crippen LogP) is 0.573. The van der Waals surface area contributed by atoms with Crippen molar-refractivity contribution in [3.63, 3.8) is 0 Å². The van der Waals surface area contributed by atoms with E-state index in [4.69, 9.17) is 0 Å². The lowest BCUT2D eigenvalue weighted by atomic mass is 10.0. The van der Waals surface area contributed by atoms with Gasteiger partial charge in [0.25, 0.3) is 5.91 Å². The molecular formula is C13H18N4O2. The van der Waals surface area contributed by atoms with Crippen LogP contribution in [0.1, 0.15) is 13.8 Å². The molecule has 2 heterocycles. The van der Waals surface area contributed by atoms with Crippen LogP contribution in [0.5, 0.6) is 0 Å². The van der Waals surface area contributed by atoms with Gasteiger partial charge in [0.1, 0.15) is 0 Å². The Balaban J connectivity index is 2.11. The van der Waals surface area contributed by atoms with Crippen LogP contribution in [0.4, 0.5) is 0 Å². The van der Waals surface area contributed by atoms with E-state index in [1.807, 2.05) is 13.0 Å². The minimum Gasteiger partial charge on any atom is -0.371 e. The fraction of sp³-hybridized carbons (Fsp3) is 0.462. The number of hydrazone groups is 2. The van der Waals surface area contributed by atoms with Crippen LogP contribution >= 0.6 is 0 Å². The minimum atomic E-state index is -0.647. The molecule has 102 valence electrons. The van der Waals surface area contributed by atoms with Crippen LogP contribution in [-0.4, -0.2) is 52.8 Å². The summed E-state index contributed by atoms with van der Waals surface area (Å²) in [6, 6.07) is 0. The van der Waals surface area contributed by atoms with Crippen LogP contribution in [0.25, 0.3) is 0 Å². The van der Waals surface area contributed by atoms with E-state index in [0.717, 1.165) is 5.71 Å². The molecule has 2 aliphatic rings. The van der Waals surface area contributed by atoms with E-state index in [1.165, 1.54) is 10.0 Å². The standard InChI is InChI=1S/C13H18N4O2/c1-8-10(12(18)16(3)14-8)6-5-7-11-9(2)15-17(4)13(11)19/h5-7,10,12,18H,1-4H3/b6-5+,11-7+. The van der Waals surface area contributed by atoms with Crippen molar-refractivity contribution >= 4 is 17.3 Å². The lowest BCUT2D eigenvalue weighted by Gasteiger charge is -2.16. The average Bonchev–Trinajstić information content (AvgIpc) is 2.72. The molecule has 2 atom stereocenters. The molecule has 0 radical (unpaired) electrons. The molecule has 2 rings (SSSR count). The molecule has 0 aromatic rings. The Hall–Kier alpha value is -1.95. The summed E-state index contributed by atoms with van der Waals surface area (Å²) in [5.41, 5.74) is 2.13. The van der Waals surface area contributed by atoms with Gasteiger partial charge < -0.3 is 5.11 Å². The van der Waals surface area contributed by atoms with Crippen molar-refractivity contribution < 1.29 is 9.90 Å². The fourth-order valence-corrected chi connectivity index (χ4v) is 2.18. The number of carbonyl (C=O) groups excluding carboxylic acids is 1. The van der Waals surface area contributed by atoms with Crippen molar-refractivity contribution in [3.8, 4) is 0 Å². The molecule has 0 saturated carbocycles. The zero-order valence-electron chi connectivity index (χ0n) is 11.5. The molecule has 0 spiro atoms. The Morgan fingerprint density at radius 1 is 1.26 bits per heavy atom. The van der Waals surface area contributed by atoms with Crippen molar-refractivity contribution in [2.24, 2.45) is 16.1 Å². The Bertz CT molecular complexity index is 519. The highest BCUT2D eigenvalue weighted by molar-refractivity contribution is 6.23. The van der Waals surface area contributed by atoms with Crippen LogP contribution in [0, 0.1) is 5.92 Å². The number of aliphatic hydroxyl groups is 1. The van der Waals surface area contributed by atoms with Crippen molar-refractivity contribution in [2.45, 2.75) is 20.1 Å². The zero-order valence-corrected chi connectivity index (χ0v) is 11.5. The van der Waals surface area contributed by atoms with Gasteiger partial charge in [-0.25, -0.2) is 5.01 Å². The molecule has 0 aromatic carbocycles. The highest BCUT2D eigenvalue weighted by atomic mass is 16.3. The first-order chi connectivity index (χ1) is 8.91. The van der Waals surface area contributed by atoms with Gasteiger partial charge >= 0.3 is 0 Å². The number of likely N-dealkylation sites (N-methyl/N-ethyl adjacent to an activating group) is 1. The number of hydrogen-bond donors (Lipinski definition) is 1. The maximum absolute atomic E-state index is 11.8. The highest BCUT2D eigenvalue weighted by Gasteiger charge is 2.29. The third kappa shape index (κ3) is 2.44. The summed E-state index contributed by atoms with van der Waals surface area (Å²) in [5.74, 6) is -0.259. The number of aliphatic hydroxyl groups excluding tert-OH is 1. The normalized spacial score (nSPS) is 29.7. The van der Waals surface area contributed by atoms with Gasteiger partial charge in [0.2, 0.25) is 0 Å². The molecule has 2 unspecified atom stereocenters. The third-order valence-corrected chi connectivity index (χ3v) is 3.30. The van der Waals surface area contributed by atoms with E-state index >= 15 is 0 Å². The zero-order chi connectivity index (χ0) is 14.2. The molecule has 6 heteroatoms. The van der Waals surface area contributed by atoms with Crippen LogP contribution < -0.4 is 0 Å². The quantitative estimate of drug-likeness (QED) is 0.740. The van der Waals surface area contributed by atoms with Crippen LogP contribution in [0.2, 0.25) is 0 Å². The molecule has 1 N–H and O–H groups in total. The second-order valence-electron chi connectivity index (χ2n) is 4.73. The Labute approximate surface area is 112 Å². The maximum Gasteiger partial charge on any atom is 0.275 e. The molecular weight excluding hydrogens is 244 g/mol. The number of hydrogen-bond acceptors (Lipinski definition) is 5. The van der Waals surface area contributed by atoms with E-state index in [2.05, 4.69) is 10.2 Å². The molecule has 0 aromatic heterocycles. The van der Waals surface area contributed by atoms with E-state index in [1.54, 1.807) is 33.2 Å². The number of nitrogens with zero attached hydrogens (tertiary/aromatic N) is 4. The molecule has 6 nitrogen and oxygen atoms in total. The van der Waals surface area contributed by atoms with Gasteiger partial charge in [0.15, 0.2) is 6.23 Å². The number of rotatable bonds is 2. The molecule has 0 aliphatic carbocycles. The van der Waals surface area contributed by atoms with E-state index in [-0.39, 0.29) is 11.8 Å². The van der Waals surface area contributed by atoms with Gasteiger partial charge in [-0.05, 0) is 19.9 Å². The lowest BCUT2D eigenvalue weighted by Crippen LogP contribution is -2.28. The highest BCUT2D eigenvalue weighted by Crippen LogP contribution is 2.20. The first-order valence-corrected chi connectivity index (χ1v) is 6.10. The number of allylic oxidation sites excluding steroid dienone is 2. The molecule has 1 amide bonds. The summed E-state index contributed by atoms with van der Waals surface area (Å²) >= 11 is 0. The summed E-state index contributed by atoms with van der Waals surface area (Å²) in [5, 5.41) is 21.0. The van der Waals surface area contributed by atoms with Crippen molar-refractivity contribution in [1.29, 1.82) is 0 Å². The second kappa shape index (κ2) is 4.97. The number of carbonyl (C=O) groups is 1. The number of amides is 1. The summed E-state index contributed by atoms with van der Waals surface area (Å²) in [7, 11) is 3.36. The summed E-state index contributed by atoms with van der Waals surface area (Å²) in [6.45, 7) is 3.67. The van der Waals surface area contributed by atoms with Crippen molar-refractivity contribution in [3.05, 3.63) is 23.8 Å². The molecule has 0 fully saturated rings. The molecule has 2 aliphatic heterocycles. The van der Waals surface area contributed by atoms with Crippen LogP contribution in [0.15, 0.2) is 34.0 Å². The average molecular weight is 262 g/mol. The lowest BCUT2D eigenvalue weighted by molar-refractivity contribution is -0.124. The summed E-state index contributed by atoms with van der Waals surface area (Å²) < 4.78 is 0. The predicted molar refractivity (Wildman–Crippen MR) is 73.5 cm³/mol. The Morgan fingerprint density at radius 3 is 2.42 bits per heavy atom. The topological polar surface area (TPSA) is 68.5 Å². The van der Waals surface area contributed by atoms with Gasteiger partial charge in [-0.1, -0.05) is 12.2 Å². The summed E-state index contributed by atoms with van der Waals surface area (Å²) in [4.78, 5) is 11.8. The van der Waals surface area contributed by atoms with Gasteiger partial charge in [-0.15, -0.1) is 0 Å². The first kappa shape index (κ1) is 13.5. The minimum absolute atomic E-state index is 0.114. The van der Waals surface area contributed by atoms with Gasteiger partial charge in [0.05, 0.1) is 17.2 Å². The Morgan fingerprint density at radius 2 is 1.95 bits per heavy atom. The first-order valence-electron chi connectivity index (χ1n) is 6.10. The fourth-order valence-electron chi connectivity index (χ4n) is 2.18. The van der Waals surface area contributed by atoms with E-state index < -0.39 is 6.23 Å². The maximum atomic E-state index is 11.8. The molecule has 19 heavy (non-hydrogen) atoms. The Kier molecular flexibility index (Phi) is 3.53. The molecule has 0 bridgehead atoms. The summed E-state index contributed by atoms with van der Waals surface area (Å²) in [6.07, 6.45) is 4.70. The van der Waals surface area contributed by atoms with Crippen molar-refractivity contribution in [1.82, 2.24) is 10.0 Å². The SMILES string of the molecule is CC1=NN(C)C(=O)/C1=C/C=C/C1C(C)=NN(C)C1O. The second-order valence-corrected chi connectivity index (χ2v) is 4.73. The smallest absolute Gasteiger partial charge is 0.275 e. The van der Waals surface area contributed by atoms with Gasteiger partial charge in [-0.2, -0.15) is 10.2 Å². The van der Waals surface area contributed by atoms with E-state index in [9.17, 15) is 9.90 Å². The third-order valence-electron chi connectivity index (χ3n) is 3.30. The van der Waals surface area contributed by atoms with Gasteiger partial charge in [0, 0.05) is 19.8 Å². The monoisotopic (exact) mass is 262 g/mol. The molecule has 0 saturated heterocycles. The largest absolute Gasteiger partial charge is 0.371 e. The van der Waals surface area contributed by atoms with Crippen LogP contribution in [0.3, 0.4) is 0 Å². The van der Waals surface area contributed by atoms with E-state index in [0.29, 0.717) is 11.3 Å².